The molecule has 3 aliphatic heterocycles. The van der Waals surface area contributed by atoms with E-state index in [4.69, 9.17) is 4.74 Å². The van der Waals surface area contributed by atoms with Crippen LogP contribution in [-0.2, 0) is 20.7 Å². The number of amides is 2. The number of non-ortho nitro benzene ring substituents is 1. The van der Waals surface area contributed by atoms with E-state index in [1.807, 2.05) is 24.3 Å². The van der Waals surface area contributed by atoms with Crippen molar-refractivity contribution in [1.29, 1.82) is 0 Å². The molecule has 0 bridgehead atoms. The second-order valence-corrected chi connectivity index (χ2v) is 9.55. The van der Waals surface area contributed by atoms with Crippen molar-refractivity contribution in [2.45, 2.75) is 18.5 Å². The van der Waals surface area contributed by atoms with E-state index in [2.05, 4.69) is 9.88 Å². The Bertz CT molecular complexity index is 1350. The van der Waals surface area contributed by atoms with Gasteiger partial charge >= 0.3 is 0 Å². The molecule has 36 heavy (non-hydrogen) atoms. The lowest BCUT2D eigenvalue weighted by atomic mass is 9.86. The number of piperazine rings is 1. The quantitative estimate of drug-likeness (QED) is 0.434. The third kappa shape index (κ3) is 3.82. The van der Waals surface area contributed by atoms with Crippen molar-refractivity contribution in [1.82, 2.24) is 19.7 Å². The summed E-state index contributed by atoms with van der Waals surface area (Å²) >= 11 is 0. The topological polar surface area (TPSA) is 112 Å². The van der Waals surface area contributed by atoms with E-state index in [1.165, 1.54) is 12.1 Å². The average Bonchev–Trinajstić information content (AvgIpc) is 3.28. The monoisotopic (exact) mass is 489 g/mol. The first-order valence-corrected chi connectivity index (χ1v) is 12.2. The minimum atomic E-state index is -0.660. The Morgan fingerprint density at radius 3 is 2.67 bits per heavy atom. The van der Waals surface area contributed by atoms with Crippen molar-refractivity contribution < 1.29 is 19.2 Å². The number of hydrogen-bond donors (Lipinski definition) is 1. The molecule has 0 spiro atoms. The summed E-state index contributed by atoms with van der Waals surface area (Å²) in [6.45, 7) is 4.17. The van der Waals surface area contributed by atoms with Crippen LogP contribution >= 0.6 is 0 Å². The van der Waals surface area contributed by atoms with Gasteiger partial charge in [0.1, 0.15) is 6.04 Å². The number of nitro benzene ring substituents is 1. The lowest BCUT2D eigenvalue weighted by Gasteiger charge is -2.47. The first-order chi connectivity index (χ1) is 17.5. The number of fused-ring (bicyclic) bond motifs is 4. The number of H-pyrrole nitrogens is 1. The van der Waals surface area contributed by atoms with Crippen LogP contribution in [0.25, 0.3) is 10.9 Å². The van der Waals surface area contributed by atoms with Gasteiger partial charge in [-0.1, -0.05) is 30.3 Å². The molecule has 10 heteroatoms. The standard InChI is InChI=1S/C26H27N5O5/c32-23-16-29(9-8-28-10-12-36-13-11-28)26(33)22-15-20-19-6-1-2-7-21(19)27-24(20)25(30(22)23)17-4-3-5-18(14-17)31(34)35/h1-7,14,22,25,27H,8-13,15-16H2/t22-,25+/m0/s1. The second-order valence-electron chi connectivity index (χ2n) is 9.55. The number of carbonyl (C=O) groups excluding carboxylic acids is 2. The van der Waals surface area contributed by atoms with Crippen LogP contribution in [0, 0.1) is 10.1 Å². The van der Waals surface area contributed by atoms with E-state index in [0.717, 1.165) is 35.2 Å². The molecule has 0 radical (unpaired) electrons. The van der Waals surface area contributed by atoms with Crippen molar-refractivity contribution in [3.63, 3.8) is 0 Å². The SMILES string of the molecule is O=C1[C@@H]2Cc3c([nH]c4ccccc34)[C@@H](c3cccc([N+](=O)[O-])c3)N2C(=O)CN1CCN1CCOCC1. The van der Waals surface area contributed by atoms with E-state index >= 15 is 0 Å². The molecule has 0 saturated carbocycles. The third-order valence-electron chi connectivity index (χ3n) is 7.53. The van der Waals surface area contributed by atoms with Crippen molar-refractivity contribution in [2.24, 2.45) is 0 Å². The minimum Gasteiger partial charge on any atom is -0.379 e. The highest BCUT2D eigenvalue weighted by Crippen LogP contribution is 2.43. The fraction of sp³-hybridized carbons (Fsp3) is 0.385. The lowest BCUT2D eigenvalue weighted by molar-refractivity contribution is -0.384. The number of aromatic amines is 1. The minimum absolute atomic E-state index is 0.000657. The number of nitrogens with zero attached hydrogens (tertiary/aromatic N) is 4. The van der Waals surface area contributed by atoms with Gasteiger partial charge in [0.25, 0.3) is 5.69 Å². The Balaban J connectivity index is 1.39. The summed E-state index contributed by atoms with van der Waals surface area (Å²) < 4.78 is 5.41. The van der Waals surface area contributed by atoms with E-state index in [1.54, 1.807) is 21.9 Å². The summed E-state index contributed by atoms with van der Waals surface area (Å²) in [6.07, 6.45) is 0.406. The van der Waals surface area contributed by atoms with Crippen molar-refractivity contribution in [2.75, 3.05) is 45.9 Å². The van der Waals surface area contributed by atoms with E-state index < -0.39 is 17.0 Å². The number of aromatic nitrogens is 1. The van der Waals surface area contributed by atoms with Gasteiger partial charge < -0.3 is 19.5 Å². The maximum atomic E-state index is 13.8. The van der Waals surface area contributed by atoms with Crippen LogP contribution in [0.1, 0.15) is 22.9 Å². The van der Waals surface area contributed by atoms with Crippen LogP contribution in [-0.4, -0.2) is 88.4 Å². The van der Waals surface area contributed by atoms with Crippen LogP contribution in [0.5, 0.6) is 0 Å². The van der Waals surface area contributed by atoms with Crippen LogP contribution in [0.4, 0.5) is 5.69 Å². The average molecular weight is 490 g/mol. The predicted molar refractivity (Wildman–Crippen MR) is 131 cm³/mol. The van der Waals surface area contributed by atoms with Gasteiger partial charge in [-0.05, 0) is 17.2 Å². The molecule has 3 aromatic rings. The molecule has 1 N–H and O–H groups in total. The molecule has 2 atom stereocenters. The molecule has 0 unspecified atom stereocenters. The highest BCUT2D eigenvalue weighted by Gasteiger charge is 2.48. The number of benzene rings is 2. The summed E-state index contributed by atoms with van der Waals surface area (Å²) in [5, 5.41) is 12.5. The normalized spacial score (nSPS) is 22.6. The molecule has 2 amide bonds. The molecule has 2 aromatic carbocycles. The molecule has 0 aliphatic carbocycles. The Labute approximate surface area is 207 Å². The summed E-state index contributed by atoms with van der Waals surface area (Å²) in [6, 6.07) is 13.0. The van der Waals surface area contributed by atoms with Crippen molar-refractivity contribution >= 4 is 28.4 Å². The van der Waals surface area contributed by atoms with Crippen LogP contribution in [0.15, 0.2) is 48.5 Å². The molecular weight excluding hydrogens is 462 g/mol. The van der Waals surface area contributed by atoms with Crippen molar-refractivity contribution in [3.05, 3.63) is 75.5 Å². The Kier molecular flexibility index (Phi) is 5.69. The Hall–Kier alpha value is -3.76. The van der Waals surface area contributed by atoms with Crippen LogP contribution in [0.2, 0.25) is 0 Å². The molecule has 6 rings (SSSR count). The third-order valence-corrected chi connectivity index (χ3v) is 7.53. The summed E-state index contributed by atoms with van der Waals surface area (Å²) in [7, 11) is 0. The molecule has 10 nitrogen and oxygen atoms in total. The van der Waals surface area contributed by atoms with Crippen LogP contribution in [0.3, 0.4) is 0 Å². The van der Waals surface area contributed by atoms with Gasteiger partial charge in [-0.3, -0.25) is 24.6 Å². The van der Waals surface area contributed by atoms with Crippen LogP contribution < -0.4 is 0 Å². The molecule has 2 saturated heterocycles. The zero-order valence-electron chi connectivity index (χ0n) is 19.8. The van der Waals surface area contributed by atoms with Crippen molar-refractivity contribution in [3.8, 4) is 0 Å². The number of rotatable bonds is 5. The number of nitrogens with one attached hydrogen (secondary N) is 1. The number of hydrogen-bond acceptors (Lipinski definition) is 6. The largest absolute Gasteiger partial charge is 0.379 e. The highest BCUT2D eigenvalue weighted by molar-refractivity contribution is 5.97. The maximum absolute atomic E-state index is 13.8. The van der Waals surface area contributed by atoms with Gasteiger partial charge in [-0.2, -0.15) is 0 Å². The molecular formula is C26H27N5O5. The molecule has 4 heterocycles. The molecule has 2 fully saturated rings. The number of carbonyl (C=O) groups is 2. The summed E-state index contributed by atoms with van der Waals surface area (Å²) in [4.78, 5) is 47.5. The smallest absolute Gasteiger partial charge is 0.269 e. The predicted octanol–water partition coefficient (Wildman–Crippen LogP) is 2.09. The van der Waals surface area contributed by atoms with Gasteiger partial charge in [-0.25, -0.2) is 0 Å². The fourth-order valence-corrected chi connectivity index (χ4v) is 5.75. The Morgan fingerprint density at radius 1 is 1.06 bits per heavy atom. The molecule has 1 aromatic heterocycles. The lowest BCUT2D eigenvalue weighted by Crippen LogP contribution is -2.63. The van der Waals surface area contributed by atoms with Gasteiger partial charge in [-0.15, -0.1) is 0 Å². The molecule has 186 valence electrons. The van der Waals surface area contributed by atoms with E-state index in [-0.39, 0.29) is 24.0 Å². The number of morpholine rings is 1. The zero-order chi connectivity index (χ0) is 24.8. The first kappa shape index (κ1) is 22.7. The number of ether oxygens (including phenoxy) is 1. The fourth-order valence-electron chi connectivity index (χ4n) is 5.75. The van der Waals surface area contributed by atoms with Gasteiger partial charge in [0.2, 0.25) is 11.8 Å². The second kappa shape index (κ2) is 9.03. The summed E-state index contributed by atoms with van der Waals surface area (Å²) in [5.74, 6) is -0.225. The molecule has 3 aliphatic rings. The van der Waals surface area contributed by atoms with E-state index in [9.17, 15) is 19.7 Å². The number of para-hydroxylation sites is 1. The van der Waals surface area contributed by atoms with Gasteiger partial charge in [0, 0.05) is 61.3 Å². The summed E-state index contributed by atoms with van der Waals surface area (Å²) in [5.41, 5.74) is 3.29. The Morgan fingerprint density at radius 2 is 1.86 bits per heavy atom. The zero-order valence-corrected chi connectivity index (χ0v) is 19.8. The first-order valence-electron chi connectivity index (χ1n) is 12.2. The van der Waals surface area contributed by atoms with Gasteiger partial charge in [0.15, 0.2) is 0 Å². The maximum Gasteiger partial charge on any atom is 0.269 e. The highest BCUT2D eigenvalue weighted by atomic mass is 16.6. The van der Waals surface area contributed by atoms with E-state index in [0.29, 0.717) is 38.3 Å². The number of nitro groups is 1. The van der Waals surface area contributed by atoms with Gasteiger partial charge in [0.05, 0.1) is 30.7 Å².